The van der Waals surface area contributed by atoms with Gasteiger partial charge >= 0.3 is 0 Å². The van der Waals surface area contributed by atoms with Gasteiger partial charge < -0.3 is 14.8 Å². The van der Waals surface area contributed by atoms with E-state index in [1.807, 2.05) is 0 Å². The Morgan fingerprint density at radius 2 is 2.38 bits per heavy atom. The number of aromatic amines is 1. The summed E-state index contributed by atoms with van der Waals surface area (Å²) in [5.74, 6) is 0.866. The summed E-state index contributed by atoms with van der Waals surface area (Å²) in [4.78, 5) is 12.6. The number of nitrogens with one attached hydrogen (secondary N) is 2. The Morgan fingerprint density at radius 1 is 1.46 bits per heavy atom. The number of carbonyl (C=O) groups excluding carboxylic acids is 1. The molecule has 0 spiro atoms. The van der Waals surface area contributed by atoms with Gasteiger partial charge in [0, 0.05) is 13.2 Å². The number of aromatic nitrogens is 6. The molecule has 2 fully saturated rings. The normalized spacial score (nSPS) is 24.0. The molecule has 2 aromatic heterocycles. The van der Waals surface area contributed by atoms with Gasteiger partial charge in [-0.25, -0.2) is 0 Å². The number of hydrogen-bond acceptors (Lipinski definition) is 7. The fraction of sp³-hybridized carbons (Fsp3) is 0.643. The van der Waals surface area contributed by atoms with Crippen LogP contribution >= 0.6 is 0 Å². The van der Waals surface area contributed by atoms with E-state index in [2.05, 4.69) is 31.0 Å². The lowest BCUT2D eigenvalue weighted by molar-refractivity contribution is -0.0697. The number of tetrazole rings is 1. The molecule has 2 N–H and O–H groups in total. The van der Waals surface area contributed by atoms with Crippen LogP contribution < -0.4 is 5.32 Å². The lowest BCUT2D eigenvalue weighted by atomic mass is 10.1. The van der Waals surface area contributed by atoms with Gasteiger partial charge in [0.25, 0.3) is 5.91 Å². The summed E-state index contributed by atoms with van der Waals surface area (Å²) >= 11 is 0. The first-order valence-electron chi connectivity index (χ1n) is 8.08. The molecule has 1 aliphatic heterocycles. The average molecular weight is 333 g/mol. The number of amides is 1. The predicted octanol–water partition coefficient (Wildman–Crippen LogP) is -0.301. The van der Waals surface area contributed by atoms with Gasteiger partial charge in [0.2, 0.25) is 0 Å². The standard InChI is InChI=1S/C14H19N7O3/c22-14(10-5-15-18-13(10)21-8-16-19-20-21)17-11-3-4-23-7-12(11)24-6-9-1-2-9/h5,8-9,11-12H,1-4,6-7H2,(H,15,18)(H,17,22)/t11-,12-/m1/s1. The third-order valence-electron chi connectivity index (χ3n) is 4.31. The molecule has 3 heterocycles. The average Bonchev–Trinajstić information content (AvgIpc) is 3.07. The first-order chi connectivity index (χ1) is 11.8. The summed E-state index contributed by atoms with van der Waals surface area (Å²) < 4.78 is 12.8. The molecule has 1 aliphatic carbocycles. The van der Waals surface area contributed by atoms with Gasteiger partial charge in [-0.15, -0.1) is 5.10 Å². The van der Waals surface area contributed by atoms with Crippen molar-refractivity contribution in [3.05, 3.63) is 18.1 Å². The molecule has 1 saturated heterocycles. The first-order valence-corrected chi connectivity index (χ1v) is 8.08. The van der Waals surface area contributed by atoms with Gasteiger partial charge in [0.15, 0.2) is 5.82 Å². The van der Waals surface area contributed by atoms with Crippen LogP contribution in [-0.2, 0) is 9.47 Å². The third kappa shape index (κ3) is 3.29. The Kier molecular flexibility index (Phi) is 4.22. The van der Waals surface area contributed by atoms with Crippen molar-refractivity contribution in [2.24, 2.45) is 5.92 Å². The summed E-state index contributed by atoms with van der Waals surface area (Å²) in [6.45, 7) is 1.85. The van der Waals surface area contributed by atoms with Crippen molar-refractivity contribution in [1.82, 2.24) is 35.7 Å². The van der Waals surface area contributed by atoms with Gasteiger partial charge in [-0.2, -0.15) is 9.78 Å². The Morgan fingerprint density at radius 3 is 3.17 bits per heavy atom. The van der Waals surface area contributed by atoms with E-state index in [1.54, 1.807) is 0 Å². The minimum absolute atomic E-state index is 0.0818. The molecular weight excluding hydrogens is 314 g/mol. The van der Waals surface area contributed by atoms with E-state index in [4.69, 9.17) is 9.47 Å². The molecule has 4 rings (SSSR count). The van der Waals surface area contributed by atoms with Gasteiger partial charge in [-0.3, -0.25) is 9.89 Å². The summed E-state index contributed by atoms with van der Waals surface area (Å²) in [7, 11) is 0. The Balaban J connectivity index is 1.43. The van der Waals surface area contributed by atoms with E-state index in [0.29, 0.717) is 30.5 Å². The van der Waals surface area contributed by atoms with E-state index in [0.717, 1.165) is 13.0 Å². The smallest absolute Gasteiger partial charge is 0.257 e. The number of rotatable bonds is 6. The fourth-order valence-corrected chi connectivity index (χ4v) is 2.72. The molecule has 2 atom stereocenters. The Bertz CT molecular complexity index is 682. The quantitative estimate of drug-likeness (QED) is 0.744. The van der Waals surface area contributed by atoms with Crippen molar-refractivity contribution >= 4 is 5.91 Å². The van der Waals surface area contributed by atoms with E-state index >= 15 is 0 Å². The molecular formula is C14H19N7O3. The second-order valence-corrected chi connectivity index (χ2v) is 6.15. The summed E-state index contributed by atoms with van der Waals surface area (Å²) in [5, 5.41) is 20.6. The van der Waals surface area contributed by atoms with Crippen LogP contribution in [0, 0.1) is 5.92 Å². The summed E-state index contributed by atoms with van der Waals surface area (Å²) in [6, 6.07) is -0.0818. The molecule has 10 heteroatoms. The second-order valence-electron chi connectivity index (χ2n) is 6.15. The molecule has 10 nitrogen and oxygen atoms in total. The minimum atomic E-state index is -0.235. The zero-order valence-corrected chi connectivity index (χ0v) is 13.1. The first kappa shape index (κ1) is 15.2. The van der Waals surface area contributed by atoms with Crippen molar-refractivity contribution in [1.29, 1.82) is 0 Å². The van der Waals surface area contributed by atoms with Crippen LogP contribution in [0.5, 0.6) is 0 Å². The Hall–Kier alpha value is -2.33. The number of H-pyrrole nitrogens is 1. The molecule has 1 saturated carbocycles. The lowest BCUT2D eigenvalue weighted by Gasteiger charge is -2.32. The van der Waals surface area contributed by atoms with Crippen molar-refractivity contribution in [3.63, 3.8) is 0 Å². The van der Waals surface area contributed by atoms with Crippen molar-refractivity contribution in [3.8, 4) is 5.82 Å². The fourth-order valence-electron chi connectivity index (χ4n) is 2.72. The van der Waals surface area contributed by atoms with Gasteiger partial charge in [0.05, 0.1) is 18.8 Å². The maximum Gasteiger partial charge on any atom is 0.257 e. The van der Waals surface area contributed by atoms with Crippen LogP contribution in [0.3, 0.4) is 0 Å². The molecule has 24 heavy (non-hydrogen) atoms. The topological polar surface area (TPSA) is 120 Å². The van der Waals surface area contributed by atoms with E-state index < -0.39 is 0 Å². The zero-order valence-electron chi connectivity index (χ0n) is 13.1. The van der Waals surface area contributed by atoms with Gasteiger partial charge in [0.1, 0.15) is 18.0 Å². The monoisotopic (exact) mass is 333 g/mol. The van der Waals surface area contributed by atoms with E-state index in [9.17, 15) is 4.79 Å². The van der Waals surface area contributed by atoms with Crippen LogP contribution in [0.25, 0.3) is 5.82 Å². The number of carbonyl (C=O) groups is 1. The molecule has 2 aromatic rings. The van der Waals surface area contributed by atoms with Gasteiger partial charge in [-0.1, -0.05) is 0 Å². The lowest BCUT2D eigenvalue weighted by Crippen LogP contribution is -2.50. The predicted molar refractivity (Wildman–Crippen MR) is 80.5 cm³/mol. The maximum atomic E-state index is 12.6. The van der Waals surface area contributed by atoms with Crippen molar-refractivity contribution in [2.75, 3.05) is 19.8 Å². The highest BCUT2D eigenvalue weighted by Gasteiger charge is 2.31. The summed E-state index contributed by atoms with van der Waals surface area (Å²) in [5.41, 5.74) is 0.384. The molecule has 0 unspecified atom stereocenters. The number of ether oxygens (including phenoxy) is 2. The molecule has 0 bridgehead atoms. The van der Waals surface area contributed by atoms with Gasteiger partial charge in [-0.05, 0) is 35.6 Å². The van der Waals surface area contributed by atoms with Crippen LogP contribution in [0.2, 0.25) is 0 Å². The highest BCUT2D eigenvalue weighted by Crippen LogP contribution is 2.29. The van der Waals surface area contributed by atoms with Crippen LogP contribution in [0.4, 0.5) is 0 Å². The van der Waals surface area contributed by atoms with E-state index in [1.165, 1.54) is 30.0 Å². The molecule has 1 amide bonds. The second kappa shape index (κ2) is 6.65. The van der Waals surface area contributed by atoms with E-state index in [-0.39, 0.29) is 18.1 Å². The van der Waals surface area contributed by atoms with Crippen LogP contribution in [0.1, 0.15) is 29.6 Å². The van der Waals surface area contributed by atoms with Crippen molar-refractivity contribution in [2.45, 2.75) is 31.4 Å². The maximum absolute atomic E-state index is 12.6. The highest BCUT2D eigenvalue weighted by atomic mass is 16.5. The Labute approximate surface area is 137 Å². The molecule has 128 valence electrons. The number of nitrogens with zero attached hydrogens (tertiary/aromatic N) is 5. The minimum Gasteiger partial charge on any atom is -0.379 e. The molecule has 2 aliphatic rings. The SMILES string of the molecule is O=C(N[C@@H]1CCOC[C@H]1OCC1CC1)c1cn[nH]c1-n1cnnn1. The highest BCUT2D eigenvalue weighted by molar-refractivity contribution is 5.97. The molecule has 0 radical (unpaired) electrons. The third-order valence-corrected chi connectivity index (χ3v) is 4.31. The largest absolute Gasteiger partial charge is 0.379 e. The van der Waals surface area contributed by atoms with Crippen molar-refractivity contribution < 1.29 is 14.3 Å². The summed E-state index contributed by atoms with van der Waals surface area (Å²) in [6.07, 6.45) is 5.93. The molecule has 0 aromatic carbocycles. The number of hydrogen-bond donors (Lipinski definition) is 2. The van der Waals surface area contributed by atoms with Crippen LogP contribution in [-0.4, -0.2) is 68.3 Å². The zero-order chi connectivity index (χ0) is 16.4. The van der Waals surface area contributed by atoms with Crippen LogP contribution in [0.15, 0.2) is 12.5 Å².